The lowest BCUT2D eigenvalue weighted by Crippen LogP contribution is -2.26. The Morgan fingerprint density at radius 1 is 1.21 bits per heavy atom. The van der Waals surface area contributed by atoms with Gasteiger partial charge in [-0.05, 0) is 49.2 Å². The summed E-state index contributed by atoms with van der Waals surface area (Å²) < 4.78 is 0. The van der Waals surface area contributed by atoms with Crippen LogP contribution in [0.3, 0.4) is 0 Å². The Bertz CT molecular complexity index is 719. The van der Waals surface area contributed by atoms with Gasteiger partial charge in [0.1, 0.15) is 11.8 Å². The van der Waals surface area contributed by atoms with Crippen molar-refractivity contribution in [1.29, 1.82) is 5.26 Å². The van der Waals surface area contributed by atoms with Crippen LogP contribution >= 0.6 is 0 Å². The number of H-pyrrole nitrogens is 1. The molecular weight excluding hydrogens is 238 g/mol. The third-order valence-corrected chi connectivity index (χ3v) is 3.63. The van der Waals surface area contributed by atoms with Crippen molar-refractivity contribution < 1.29 is 4.79 Å². The SMILES string of the molecule is CC1(C)C(=O)Nc2ccc(-c3ccc(C#N)[nH]3)cc21. The number of hydrogen-bond acceptors (Lipinski definition) is 2. The maximum absolute atomic E-state index is 11.9. The van der Waals surface area contributed by atoms with E-state index in [1.54, 1.807) is 6.07 Å². The summed E-state index contributed by atoms with van der Waals surface area (Å²) in [7, 11) is 0. The standard InChI is InChI=1S/C15H13N3O/c1-15(2)11-7-9(3-5-13(11)18-14(15)19)12-6-4-10(8-16)17-12/h3-7,17H,1-2H3,(H,18,19). The van der Waals surface area contributed by atoms with Crippen molar-refractivity contribution in [2.24, 2.45) is 0 Å². The van der Waals surface area contributed by atoms with E-state index >= 15 is 0 Å². The van der Waals surface area contributed by atoms with Crippen molar-refractivity contribution in [3.8, 4) is 17.3 Å². The lowest BCUT2D eigenvalue weighted by atomic mass is 9.85. The van der Waals surface area contributed by atoms with Gasteiger partial charge in [-0.15, -0.1) is 0 Å². The molecule has 4 nitrogen and oxygen atoms in total. The Balaban J connectivity index is 2.11. The van der Waals surface area contributed by atoms with E-state index < -0.39 is 5.41 Å². The van der Waals surface area contributed by atoms with Crippen LogP contribution in [0, 0.1) is 11.3 Å². The Morgan fingerprint density at radius 2 is 2.00 bits per heavy atom. The number of nitrogens with zero attached hydrogens (tertiary/aromatic N) is 1. The molecule has 2 heterocycles. The third-order valence-electron chi connectivity index (χ3n) is 3.63. The van der Waals surface area contributed by atoms with Crippen LogP contribution in [0.15, 0.2) is 30.3 Å². The molecular formula is C15H13N3O. The molecule has 1 amide bonds. The lowest BCUT2D eigenvalue weighted by molar-refractivity contribution is -0.119. The number of carbonyl (C=O) groups excluding carboxylic acids is 1. The summed E-state index contributed by atoms with van der Waals surface area (Å²) in [5.74, 6) is 0.0175. The molecule has 0 fully saturated rings. The largest absolute Gasteiger partial charge is 0.346 e. The minimum absolute atomic E-state index is 0.0175. The minimum Gasteiger partial charge on any atom is -0.346 e. The summed E-state index contributed by atoms with van der Waals surface area (Å²) in [4.78, 5) is 14.9. The molecule has 1 aromatic heterocycles. The molecule has 0 atom stereocenters. The normalized spacial score (nSPS) is 15.7. The van der Waals surface area contributed by atoms with E-state index in [2.05, 4.69) is 16.4 Å². The van der Waals surface area contributed by atoms with Crippen LogP contribution in [0.1, 0.15) is 25.1 Å². The first-order valence-electron chi connectivity index (χ1n) is 6.08. The van der Waals surface area contributed by atoms with E-state index in [0.29, 0.717) is 5.69 Å². The highest BCUT2D eigenvalue weighted by Crippen LogP contribution is 2.39. The smallest absolute Gasteiger partial charge is 0.234 e. The van der Waals surface area contributed by atoms with E-state index in [0.717, 1.165) is 22.5 Å². The van der Waals surface area contributed by atoms with Crippen LogP contribution in [-0.2, 0) is 10.2 Å². The van der Waals surface area contributed by atoms with Gasteiger partial charge in [-0.2, -0.15) is 5.26 Å². The van der Waals surface area contributed by atoms with Gasteiger partial charge in [-0.1, -0.05) is 6.07 Å². The molecule has 1 aromatic carbocycles. The molecule has 4 heteroatoms. The molecule has 0 bridgehead atoms. The third kappa shape index (κ3) is 1.63. The number of aromatic nitrogens is 1. The van der Waals surface area contributed by atoms with Crippen LogP contribution in [-0.4, -0.2) is 10.9 Å². The summed E-state index contributed by atoms with van der Waals surface area (Å²) in [5, 5.41) is 11.7. The second-order valence-corrected chi connectivity index (χ2v) is 5.24. The van der Waals surface area contributed by atoms with Gasteiger partial charge in [0.05, 0.1) is 5.41 Å². The number of aromatic amines is 1. The highest BCUT2D eigenvalue weighted by atomic mass is 16.2. The minimum atomic E-state index is -0.518. The molecule has 0 unspecified atom stereocenters. The lowest BCUT2D eigenvalue weighted by Gasteiger charge is -2.15. The molecule has 0 spiro atoms. The first-order valence-corrected chi connectivity index (χ1v) is 6.08. The van der Waals surface area contributed by atoms with Crippen molar-refractivity contribution in [3.05, 3.63) is 41.6 Å². The van der Waals surface area contributed by atoms with Crippen LogP contribution in [0.5, 0.6) is 0 Å². The van der Waals surface area contributed by atoms with Gasteiger partial charge in [0.15, 0.2) is 0 Å². The molecule has 0 radical (unpaired) electrons. The molecule has 1 aliphatic rings. The zero-order valence-electron chi connectivity index (χ0n) is 10.7. The molecule has 19 heavy (non-hydrogen) atoms. The average Bonchev–Trinajstić information content (AvgIpc) is 2.94. The first kappa shape index (κ1) is 11.5. The molecule has 2 aromatic rings. The fourth-order valence-electron chi connectivity index (χ4n) is 2.37. The topological polar surface area (TPSA) is 68.7 Å². The summed E-state index contributed by atoms with van der Waals surface area (Å²) in [5.41, 5.74) is 3.73. The highest BCUT2D eigenvalue weighted by Gasteiger charge is 2.38. The number of benzene rings is 1. The molecule has 94 valence electrons. The van der Waals surface area contributed by atoms with E-state index in [1.807, 2.05) is 38.1 Å². The number of anilines is 1. The summed E-state index contributed by atoms with van der Waals surface area (Å²) >= 11 is 0. The van der Waals surface area contributed by atoms with Gasteiger partial charge < -0.3 is 10.3 Å². The van der Waals surface area contributed by atoms with Gasteiger partial charge in [-0.3, -0.25) is 4.79 Å². The summed E-state index contributed by atoms with van der Waals surface area (Å²) in [6.07, 6.45) is 0. The first-order chi connectivity index (χ1) is 9.02. The second-order valence-electron chi connectivity index (χ2n) is 5.24. The van der Waals surface area contributed by atoms with Crippen molar-refractivity contribution in [1.82, 2.24) is 4.98 Å². The molecule has 0 aliphatic carbocycles. The average molecular weight is 251 g/mol. The zero-order chi connectivity index (χ0) is 13.6. The quantitative estimate of drug-likeness (QED) is 0.818. The predicted molar refractivity (Wildman–Crippen MR) is 72.6 cm³/mol. The van der Waals surface area contributed by atoms with Crippen LogP contribution in [0.25, 0.3) is 11.3 Å². The van der Waals surface area contributed by atoms with Gasteiger partial charge in [-0.25, -0.2) is 0 Å². The van der Waals surface area contributed by atoms with Crippen LogP contribution < -0.4 is 5.32 Å². The number of rotatable bonds is 1. The number of amides is 1. The van der Waals surface area contributed by atoms with E-state index in [9.17, 15) is 4.79 Å². The Kier molecular flexibility index (Phi) is 2.26. The predicted octanol–water partition coefficient (Wildman–Crippen LogP) is 2.78. The van der Waals surface area contributed by atoms with Crippen LogP contribution in [0.2, 0.25) is 0 Å². The Labute approximate surface area is 111 Å². The number of fused-ring (bicyclic) bond motifs is 1. The monoisotopic (exact) mass is 251 g/mol. The number of carbonyl (C=O) groups is 1. The van der Waals surface area contributed by atoms with E-state index in [-0.39, 0.29) is 5.91 Å². The maximum atomic E-state index is 11.9. The molecule has 1 aliphatic heterocycles. The Morgan fingerprint density at radius 3 is 2.68 bits per heavy atom. The fraction of sp³-hybridized carbons (Fsp3) is 0.200. The van der Waals surface area contributed by atoms with E-state index in [1.165, 1.54) is 0 Å². The molecule has 2 N–H and O–H groups in total. The van der Waals surface area contributed by atoms with Crippen molar-refractivity contribution in [2.45, 2.75) is 19.3 Å². The number of nitriles is 1. The summed E-state index contributed by atoms with van der Waals surface area (Å²) in [6.45, 7) is 3.82. The molecule has 0 saturated heterocycles. The summed E-state index contributed by atoms with van der Waals surface area (Å²) in [6, 6.07) is 11.5. The highest BCUT2D eigenvalue weighted by molar-refractivity contribution is 6.06. The molecule has 3 rings (SSSR count). The van der Waals surface area contributed by atoms with Crippen molar-refractivity contribution in [3.63, 3.8) is 0 Å². The maximum Gasteiger partial charge on any atom is 0.234 e. The van der Waals surface area contributed by atoms with Gasteiger partial charge >= 0.3 is 0 Å². The number of nitrogens with one attached hydrogen (secondary N) is 2. The van der Waals surface area contributed by atoms with Gasteiger partial charge in [0.2, 0.25) is 5.91 Å². The van der Waals surface area contributed by atoms with E-state index in [4.69, 9.17) is 5.26 Å². The fourth-order valence-corrected chi connectivity index (χ4v) is 2.37. The van der Waals surface area contributed by atoms with Crippen LogP contribution in [0.4, 0.5) is 5.69 Å². The second kappa shape index (κ2) is 3.72. The number of hydrogen-bond donors (Lipinski definition) is 2. The van der Waals surface area contributed by atoms with Crippen molar-refractivity contribution >= 4 is 11.6 Å². The van der Waals surface area contributed by atoms with Gasteiger partial charge in [0, 0.05) is 11.4 Å². The Hall–Kier alpha value is -2.54. The van der Waals surface area contributed by atoms with Gasteiger partial charge in [0.25, 0.3) is 0 Å². The zero-order valence-corrected chi connectivity index (χ0v) is 10.7. The van der Waals surface area contributed by atoms with Crippen molar-refractivity contribution in [2.75, 3.05) is 5.32 Å². The molecule has 0 saturated carbocycles.